The van der Waals surface area contributed by atoms with Crippen LogP contribution < -0.4 is 0 Å². The van der Waals surface area contributed by atoms with Crippen molar-refractivity contribution in [3.63, 3.8) is 0 Å². The van der Waals surface area contributed by atoms with E-state index in [-0.39, 0.29) is 0 Å². The first-order chi connectivity index (χ1) is 8.45. The van der Waals surface area contributed by atoms with Crippen LogP contribution in [-0.4, -0.2) is 9.38 Å². The van der Waals surface area contributed by atoms with Gasteiger partial charge >= 0.3 is 0 Å². The SMILES string of the molecule is Cc1ccn2c3c(nc2c1)CCC(C(C)(C)C)C3. The van der Waals surface area contributed by atoms with Crippen molar-refractivity contribution in [2.75, 3.05) is 0 Å². The van der Waals surface area contributed by atoms with Crippen LogP contribution in [0.2, 0.25) is 0 Å². The van der Waals surface area contributed by atoms with E-state index in [4.69, 9.17) is 4.98 Å². The van der Waals surface area contributed by atoms with Gasteiger partial charge in [0.2, 0.25) is 0 Å². The van der Waals surface area contributed by atoms with Gasteiger partial charge in [0.15, 0.2) is 0 Å². The van der Waals surface area contributed by atoms with Crippen LogP contribution in [0, 0.1) is 18.3 Å². The Bertz CT molecular complexity index is 587. The van der Waals surface area contributed by atoms with Gasteiger partial charge in [0.25, 0.3) is 0 Å². The lowest BCUT2D eigenvalue weighted by Crippen LogP contribution is -2.27. The number of pyridine rings is 1. The van der Waals surface area contributed by atoms with Crippen molar-refractivity contribution in [2.24, 2.45) is 11.3 Å². The van der Waals surface area contributed by atoms with E-state index >= 15 is 0 Å². The smallest absolute Gasteiger partial charge is 0.137 e. The fraction of sp³-hybridized carbons (Fsp3) is 0.562. The van der Waals surface area contributed by atoms with Gasteiger partial charge in [-0.1, -0.05) is 20.8 Å². The second-order valence-corrected chi connectivity index (χ2v) is 6.74. The van der Waals surface area contributed by atoms with Crippen molar-refractivity contribution >= 4 is 5.65 Å². The highest BCUT2D eigenvalue weighted by atomic mass is 15.0. The third-order valence-corrected chi connectivity index (χ3v) is 4.36. The molecule has 0 amide bonds. The van der Waals surface area contributed by atoms with Gasteiger partial charge in [-0.05, 0) is 55.2 Å². The van der Waals surface area contributed by atoms with Crippen LogP contribution in [0.25, 0.3) is 5.65 Å². The molecule has 2 aromatic heterocycles. The zero-order valence-electron chi connectivity index (χ0n) is 11.8. The Balaban J connectivity index is 2.07. The van der Waals surface area contributed by atoms with Gasteiger partial charge in [0.05, 0.1) is 5.69 Å². The molecular weight excluding hydrogens is 220 g/mol. The predicted molar refractivity (Wildman–Crippen MR) is 74.9 cm³/mol. The number of imidazole rings is 1. The lowest BCUT2D eigenvalue weighted by Gasteiger charge is -2.33. The molecule has 2 aromatic rings. The summed E-state index contributed by atoms with van der Waals surface area (Å²) in [5.74, 6) is 0.770. The first-order valence-electron chi connectivity index (χ1n) is 6.91. The van der Waals surface area contributed by atoms with E-state index < -0.39 is 0 Å². The van der Waals surface area contributed by atoms with E-state index in [1.54, 1.807) is 0 Å². The van der Waals surface area contributed by atoms with Gasteiger partial charge in [-0.3, -0.25) is 0 Å². The maximum Gasteiger partial charge on any atom is 0.137 e. The first kappa shape index (κ1) is 11.8. The fourth-order valence-electron chi connectivity index (χ4n) is 3.05. The van der Waals surface area contributed by atoms with Gasteiger partial charge in [-0.25, -0.2) is 4.98 Å². The molecule has 18 heavy (non-hydrogen) atoms. The first-order valence-corrected chi connectivity index (χ1v) is 6.91. The Labute approximate surface area is 109 Å². The summed E-state index contributed by atoms with van der Waals surface area (Å²) in [5.41, 5.74) is 5.57. The number of rotatable bonds is 0. The number of hydrogen-bond acceptors (Lipinski definition) is 1. The maximum absolute atomic E-state index is 4.79. The molecule has 0 aliphatic heterocycles. The Hall–Kier alpha value is -1.31. The third kappa shape index (κ3) is 1.84. The van der Waals surface area contributed by atoms with Crippen molar-refractivity contribution < 1.29 is 0 Å². The number of aromatic nitrogens is 2. The third-order valence-electron chi connectivity index (χ3n) is 4.36. The highest BCUT2D eigenvalue weighted by Gasteiger charge is 2.30. The molecule has 0 aromatic carbocycles. The average Bonchev–Trinajstić information content (AvgIpc) is 2.63. The molecule has 0 bridgehead atoms. The van der Waals surface area contributed by atoms with Gasteiger partial charge in [-0.15, -0.1) is 0 Å². The molecule has 1 aliphatic rings. The Morgan fingerprint density at radius 2 is 2.11 bits per heavy atom. The van der Waals surface area contributed by atoms with E-state index in [9.17, 15) is 0 Å². The minimum absolute atomic E-state index is 0.395. The predicted octanol–water partition coefficient (Wildman–Crippen LogP) is 3.79. The molecule has 0 radical (unpaired) electrons. The van der Waals surface area contributed by atoms with Crippen LogP contribution >= 0.6 is 0 Å². The van der Waals surface area contributed by atoms with Crippen LogP contribution in [0.1, 0.15) is 44.1 Å². The summed E-state index contributed by atoms with van der Waals surface area (Å²) in [7, 11) is 0. The minimum atomic E-state index is 0.395. The second kappa shape index (κ2) is 3.84. The summed E-state index contributed by atoms with van der Waals surface area (Å²) in [5, 5.41) is 0. The van der Waals surface area contributed by atoms with Crippen molar-refractivity contribution in [3.8, 4) is 0 Å². The number of fused-ring (bicyclic) bond motifs is 3. The molecular formula is C16H22N2. The molecule has 2 nitrogen and oxygen atoms in total. The van der Waals surface area contributed by atoms with E-state index in [0.29, 0.717) is 5.41 Å². The van der Waals surface area contributed by atoms with Crippen molar-refractivity contribution in [2.45, 2.75) is 47.0 Å². The standard InChI is InChI=1S/C16H22N2/c1-11-7-8-18-14-10-12(16(2,3)4)5-6-13(14)17-15(18)9-11/h7-9,12H,5-6,10H2,1-4H3. The molecule has 0 fully saturated rings. The zero-order chi connectivity index (χ0) is 12.9. The summed E-state index contributed by atoms with van der Waals surface area (Å²) in [4.78, 5) is 4.79. The van der Waals surface area contributed by atoms with E-state index in [1.165, 1.54) is 29.8 Å². The monoisotopic (exact) mass is 242 g/mol. The molecule has 0 saturated carbocycles. The minimum Gasteiger partial charge on any atom is -0.304 e. The summed E-state index contributed by atoms with van der Waals surface area (Å²) >= 11 is 0. The Morgan fingerprint density at radius 1 is 1.33 bits per heavy atom. The second-order valence-electron chi connectivity index (χ2n) is 6.74. The summed E-state index contributed by atoms with van der Waals surface area (Å²) in [6.07, 6.45) is 5.77. The molecule has 0 spiro atoms. The van der Waals surface area contributed by atoms with Gasteiger partial charge in [0.1, 0.15) is 5.65 Å². The summed E-state index contributed by atoms with van der Waals surface area (Å²) in [6.45, 7) is 9.20. The highest BCUT2D eigenvalue weighted by molar-refractivity contribution is 5.46. The van der Waals surface area contributed by atoms with Gasteiger partial charge in [-0.2, -0.15) is 0 Å². The molecule has 1 atom stereocenters. The molecule has 1 aliphatic carbocycles. The number of hydrogen-bond donors (Lipinski definition) is 0. The molecule has 0 saturated heterocycles. The molecule has 96 valence electrons. The van der Waals surface area contributed by atoms with Crippen LogP contribution in [0.3, 0.4) is 0 Å². The summed E-state index contributed by atoms with van der Waals surface area (Å²) < 4.78 is 2.29. The number of aryl methyl sites for hydroxylation is 2. The van der Waals surface area contributed by atoms with Crippen molar-refractivity contribution in [3.05, 3.63) is 35.3 Å². The van der Waals surface area contributed by atoms with Crippen LogP contribution in [0.15, 0.2) is 18.3 Å². The molecule has 0 N–H and O–H groups in total. The van der Waals surface area contributed by atoms with Crippen LogP contribution in [0.4, 0.5) is 0 Å². The zero-order valence-corrected chi connectivity index (χ0v) is 11.8. The topological polar surface area (TPSA) is 17.3 Å². The van der Waals surface area contributed by atoms with Gasteiger partial charge < -0.3 is 4.40 Å². The van der Waals surface area contributed by atoms with Crippen LogP contribution in [-0.2, 0) is 12.8 Å². The highest BCUT2D eigenvalue weighted by Crippen LogP contribution is 2.37. The van der Waals surface area contributed by atoms with E-state index in [2.05, 4.69) is 50.4 Å². The fourth-order valence-corrected chi connectivity index (χ4v) is 3.05. The molecule has 1 unspecified atom stereocenters. The Morgan fingerprint density at radius 3 is 2.83 bits per heavy atom. The Kier molecular flexibility index (Phi) is 2.51. The molecule has 2 heteroatoms. The quantitative estimate of drug-likeness (QED) is 0.687. The summed E-state index contributed by atoms with van der Waals surface area (Å²) in [6, 6.07) is 4.36. The van der Waals surface area contributed by atoms with E-state index in [1.807, 2.05) is 0 Å². The normalized spacial score (nSPS) is 20.1. The molecule has 2 heterocycles. The lowest BCUT2D eigenvalue weighted by atomic mass is 9.73. The average molecular weight is 242 g/mol. The largest absolute Gasteiger partial charge is 0.304 e. The lowest BCUT2D eigenvalue weighted by molar-refractivity contribution is 0.213. The molecule has 3 rings (SSSR count). The van der Waals surface area contributed by atoms with Gasteiger partial charge in [0, 0.05) is 11.9 Å². The van der Waals surface area contributed by atoms with Crippen molar-refractivity contribution in [1.82, 2.24) is 9.38 Å². The number of nitrogens with zero attached hydrogens (tertiary/aromatic N) is 2. The van der Waals surface area contributed by atoms with Crippen molar-refractivity contribution in [1.29, 1.82) is 0 Å². The van der Waals surface area contributed by atoms with Crippen LogP contribution in [0.5, 0.6) is 0 Å². The maximum atomic E-state index is 4.79. The van der Waals surface area contributed by atoms with E-state index in [0.717, 1.165) is 18.0 Å².